The average molecular weight is 849 g/mol. The third-order valence-electron chi connectivity index (χ3n) is 11.4. The first-order valence-electron chi connectivity index (χ1n) is 24.4. The number of ether oxygens (including phenoxy) is 2. The number of hydrogen-bond donors (Lipinski definition) is 4. The summed E-state index contributed by atoms with van der Waals surface area (Å²) in [6.45, 7) is 5.53. The van der Waals surface area contributed by atoms with Gasteiger partial charge in [0.05, 0.1) is 20.6 Å². The van der Waals surface area contributed by atoms with Crippen molar-refractivity contribution in [2.24, 2.45) is 22.2 Å². The summed E-state index contributed by atoms with van der Waals surface area (Å²) in [6, 6.07) is 0. The van der Waals surface area contributed by atoms with E-state index >= 15 is 0 Å². The average Bonchev–Trinajstić information content (AvgIpc) is 3.20. The Morgan fingerprint density at radius 1 is 0.617 bits per heavy atom. The van der Waals surface area contributed by atoms with E-state index in [-0.39, 0.29) is 37.3 Å². The molecule has 0 radical (unpaired) electrons. The van der Waals surface area contributed by atoms with E-state index in [2.05, 4.69) is 43.1 Å². The van der Waals surface area contributed by atoms with E-state index in [1.807, 2.05) is 14.1 Å². The van der Waals surface area contributed by atoms with Gasteiger partial charge in [0.25, 0.3) is 0 Å². The number of guanidine groups is 1. The van der Waals surface area contributed by atoms with Gasteiger partial charge < -0.3 is 36.3 Å². The lowest BCUT2D eigenvalue weighted by atomic mass is 9.90. The predicted octanol–water partition coefficient (Wildman–Crippen LogP) is 10.8. The number of carboxylic acid groups (broad SMARTS) is 1. The summed E-state index contributed by atoms with van der Waals surface area (Å²) < 4.78 is 11.9. The molecule has 0 saturated heterocycles. The number of likely N-dealkylation sites (N-methyl/N-ethyl adjacent to an activating group) is 1. The number of nitrogens with zero attached hydrogens (tertiary/aromatic N) is 2. The highest BCUT2D eigenvalue weighted by Crippen LogP contribution is 2.19. The molecule has 0 aliphatic carbocycles. The molecule has 0 heterocycles. The first-order chi connectivity index (χ1) is 28.8. The number of hydrogen-bond acceptors (Lipinski definition) is 7. The lowest BCUT2D eigenvalue weighted by Gasteiger charge is -2.35. The van der Waals surface area contributed by atoms with Crippen molar-refractivity contribution in [1.82, 2.24) is 0 Å². The second-order valence-electron chi connectivity index (χ2n) is 17.9. The molecule has 0 amide bonds. The van der Waals surface area contributed by atoms with Crippen LogP contribution in [0.15, 0.2) is 29.3 Å². The van der Waals surface area contributed by atoms with Crippen LogP contribution in [0.4, 0.5) is 0 Å². The van der Waals surface area contributed by atoms with Gasteiger partial charge in [-0.3, -0.25) is 19.4 Å². The molecular weight excluding hydrogens is 755 g/mol. The molecule has 350 valence electrons. The van der Waals surface area contributed by atoms with Crippen LogP contribution in [-0.2, 0) is 23.9 Å². The Balaban J connectivity index is 4.81. The molecule has 11 nitrogen and oxygen atoms in total. The number of carbonyl (C=O) groups is 3. The molecular formula is C49H94N5O6+. The molecule has 0 bridgehead atoms. The van der Waals surface area contributed by atoms with E-state index in [1.54, 1.807) is 0 Å². The van der Waals surface area contributed by atoms with Crippen molar-refractivity contribution in [3.63, 3.8) is 0 Å². The fraction of sp³-hybridized carbons (Fsp3) is 0.837. The normalized spacial score (nSPS) is 13.4. The Bertz CT molecular complexity index is 1160. The monoisotopic (exact) mass is 849 g/mol. The summed E-state index contributed by atoms with van der Waals surface area (Å²) in [5, 5.41) is 9.97. The van der Waals surface area contributed by atoms with Crippen molar-refractivity contribution in [1.29, 1.82) is 0 Å². The fourth-order valence-corrected chi connectivity index (χ4v) is 7.39. The first kappa shape index (κ1) is 57.1. The van der Waals surface area contributed by atoms with Gasteiger partial charge in [0.1, 0.15) is 18.7 Å². The molecule has 0 fully saturated rings. The SMILES string of the molecule is CCCCCCCC/C=C\CCCCCCCC(=O)OCC(C[N+](C)(C)CC[C@](N)(CCCN=C(N)N)C(=O)O)OC(=O)CCCCCCC/C=C\CCCCCCCC. The second kappa shape index (κ2) is 39.0. The van der Waals surface area contributed by atoms with Crippen LogP contribution < -0.4 is 17.2 Å². The molecule has 7 N–H and O–H groups in total. The molecule has 0 saturated carbocycles. The Labute approximate surface area is 367 Å². The smallest absolute Gasteiger partial charge is 0.323 e. The zero-order chi connectivity index (χ0) is 44.6. The Hall–Kier alpha value is -2.92. The molecule has 60 heavy (non-hydrogen) atoms. The quantitative estimate of drug-likeness (QED) is 0.0116. The molecule has 2 atom stereocenters. The highest BCUT2D eigenvalue weighted by atomic mass is 16.6. The maximum atomic E-state index is 13.0. The minimum absolute atomic E-state index is 0.0328. The summed E-state index contributed by atoms with van der Waals surface area (Å²) >= 11 is 0. The van der Waals surface area contributed by atoms with E-state index in [4.69, 9.17) is 26.7 Å². The largest absolute Gasteiger partial charge is 0.480 e. The van der Waals surface area contributed by atoms with Gasteiger partial charge in [-0.25, -0.2) is 0 Å². The van der Waals surface area contributed by atoms with Crippen molar-refractivity contribution >= 4 is 23.9 Å². The first-order valence-corrected chi connectivity index (χ1v) is 24.4. The minimum Gasteiger partial charge on any atom is -0.480 e. The van der Waals surface area contributed by atoms with Gasteiger partial charge in [0.15, 0.2) is 12.1 Å². The van der Waals surface area contributed by atoms with Gasteiger partial charge in [-0.2, -0.15) is 0 Å². The summed E-state index contributed by atoms with van der Waals surface area (Å²) in [4.78, 5) is 41.9. The summed E-state index contributed by atoms with van der Waals surface area (Å²) in [6.07, 6.45) is 41.0. The van der Waals surface area contributed by atoms with Gasteiger partial charge in [0, 0.05) is 25.8 Å². The van der Waals surface area contributed by atoms with Gasteiger partial charge in [0.2, 0.25) is 0 Å². The number of aliphatic imine (C=N–C) groups is 1. The van der Waals surface area contributed by atoms with E-state index in [0.717, 1.165) is 70.6 Å². The maximum Gasteiger partial charge on any atom is 0.323 e. The number of rotatable bonds is 43. The number of allylic oxidation sites excluding steroid dienone is 4. The molecule has 1 unspecified atom stereocenters. The highest BCUT2D eigenvalue weighted by molar-refractivity contribution is 5.78. The molecule has 0 aliphatic heterocycles. The van der Waals surface area contributed by atoms with Crippen LogP contribution >= 0.6 is 0 Å². The zero-order valence-corrected chi connectivity index (χ0v) is 39.3. The third-order valence-corrected chi connectivity index (χ3v) is 11.4. The van der Waals surface area contributed by atoms with Crippen LogP contribution in [0.1, 0.15) is 213 Å². The number of unbranched alkanes of at least 4 members (excludes halogenated alkanes) is 22. The summed E-state index contributed by atoms with van der Waals surface area (Å²) in [7, 11) is 3.89. The van der Waals surface area contributed by atoms with Crippen molar-refractivity contribution in [2.45, 2.75) is 225 Å². The lowest BCUT2D eigenvalue weighted by molar-refractivity contribution is -0.893. The maximum absolute atomic E-state index is 13.0. The molecule has 0 aliphatic rings. The minimum atomic E-state index is -1.46. The Morgan fingerprint density at radius 2 is 1.03 bits per heavy atom. The second-order valence-corrected chi connectivity index (χ2v) is 17.9. The van der Waals surface area contributed by atoms with Crippen molar-refractivity contribution in [3.8, 4) is 0 Å². The molecule has 0 aromatic carbocycles. The number of carbonyl (C=O) groups excluding carboxylic acids is 2. The number of aliphatic carboxylic acids is 1. The van der Waals surface area contributed by atoms with E-state index in [9.17, 15) is 19.5 Å². The van der Waals surface area contributed by atoms with Crippen LogP contribution in [0.25, 0.3) is 0 Å². The number of esters is 2. The van der Waals surface area contributed by atoms with Crippen molar-refractivity contribution in [3.05, 3.63) is 24.3 Å². The van der Waals surface area contributed by atoms with Gasteiger partial charge >= 0.3 is 17.9 Å². The summed E-state index contributed by atoms with van der Waals surface area (Å²) in [5.74, 6) is -1.72. The standard InChI is InChI=1S/C49H93N5O6/c1-5-7-9-11-13-15-17-19-21-23-25-27-29-31-33-36-45(55)59-43-44(42-54(3,4)41-39-49(52,47(57)58)38-35-40-53-48(50)51)60-46(56)37-34-32-30-28-26-24-22-20-18-16-14-12-10-8-6-2/h19-22,44H,5-18,23-43,52H2,1-4H3,(H4-,50,51,53,57,58)/p+1/b21-19-,22-20-/t44?,49-/m1/s1. The van der Waals surface area contributed by atoms with E-state index in [0.29, 0.717) is 43.4 Å². The van der Waals surface area contributed by atoms with Gasteiger partial charge in [-0.15, -0.1) is 0 Å². The molecule has 0 aromatic heterocycles. The van der Waals surface area contributed by atoms with Crippen LogP contribution in [0.5, 0.6) is 0 Å². The Morgan fingerprint density at radius 3 is 1.47 bits per heavy atom. The fourth-order valence-electron chi connectivity index (χ4n) is 7.39. The van der Waals surface area contributed by atoms with Crippen LogP contribution in [0, 0.1) is 0 Å². The van der Waals surface area contributed by atoms with E-state index in [1.165, 1.54) is 96.3 Å². The van der Waals surface area contributed by atoms with Crippen molar-refractivity contribution < 1.29 is 33.4 Å². The van der Waals surface area contributed by atoms with Crippen LogP contribution in [-0.4, -0.2) is 85.4 Å². The third kappa shape index (κ3) is 36.9. The molecule has 0 aromatic rings. The highest BCUT2D eigenvalue weighted by Gasteiger charge is 2.37. The van der Waals surface area contributed by atoms with Crippen molar-refractivity contribution in [2.75, 3.05) is 40.3 Å². The Kier molecular flexibility index (Phi) is 37.1. The number of quaternary nitrogens is 1. The van der Waals surface area contributed by atoms with Crippen LogP contribution in [0.3, 0.4) is 0 Å². The van der Waals surface area contributed by atoms with Gasteiger partial charge in [-0.05, 0) is 77.0 Å². The zero-order valence-electron chi connectivity index (χ0n) is 39.3. The van der Waals surface area contributed by atoms with E-state index < -0.39 is 17.6 Å². The summed E-state index contributed by atoms with van der Waals surface area (Å²) in [5.41, 5.74) is 15.7. The molecule has 0 rings (SSSR count). The lowest BCUT2D eigenvalue weighted by Crippen LogP contribution is -2.55. The topological polar surface area (TPSA) is 180 Å². The number of nitrogens with two attached hydrogens (primary N) is 3. The predicted molar refractivity (Wildman–Crippen MR) is 251 cm³/mol. The van der Waals surface area contributed by atoms with Crippen LogP contribution in [0.2, 0.25) is 0 Å². The molecule has 0 spiro atoms. The molecule has 11 heteroatoms. The van der Waals surface area contributed by atoms with Gasteiger partial charge in [-0.1, -0.05) is 141 Å². The number of carboxylic acids is 1.